The Kier molecular flexibility index (Phi) is 2.91. The first-order chi connectivity index (χ1) is 7.18. The Balaban J connectivity index is 2.16. The van der Waals surface area contributed by atoms with Gasteiger partial charge in [-0.05, 0) is 31.9 Å². The first-order valence-corrected chi connectivity index (χ1v) is 5.31. The molecule has 1 N–H and O–H groups in total. The lowest BCUT2D eigenvalue weighted by Crippen LogP contribution is -2.27. The fourth-order valence-electron chi connectivity index (χ4n) is 1.92. The second-order valence-electron chi connectivity index (χ2n) is 4.05. The number of benzene rings is 1. The first kappa shape index (κ1) is 10.4. The van der Waals surface area contributed by atoms with Crippen molar-refractivity contribution in [2.45, 2.75) is 32.4 Å². The van der Waals surface area contributed by atoms with Crippen molar-refractivity contribution in [2.75, 3.05) is 11.9 Å². The van der Waals surface area contributed by atoms with Crippen molar-refractivity contribution in [2.24, 2.45) is 0 Å². The number of hydrogen-bond acceptors (Lipinski definition) is 2. The van der Waals surface area contributed by atoms with Crippen LogP contribution in [-0.2, 0) is 4.74 Å². The minimum absolute atomic E-state index is 0.156. The topological polar surface area (TPSA) is 21.3 Å². The molecule has 0 amide bonds. The average Bonchev–Trinajstić information content (AvgIpc) is 2.58. The van der Waals surface area contributed by atoms with E-state index in [9.17, 15) is 4.39 Å². The molecule has 1 aliphatic heterocycles. The minimum atomic E-state index is -0.186. The average molecular weight is 209 g/mol. The van der Waals surface area contributed by atoms with Crippen LogP contribution in [-0.4, -0.2) is 18.8 Å². The SMILES string of the molecule is Cc1cccc(F)c1NC1CCOC1C. The normalized spacial score (nSPS) is 25.5. The van der Waals surface area contributed by atoms with E-state index in [0.717, 1.165) is 18.6 Å². The highest BCUT2D eigenvalue weighted by molar-refractivity contribution is 5.52. The third-order valence-corrected chi connectivity index (χ3v) is 2.93. The summed E-state index contributed by atoms with van der Waals surface area (Å²) in [7, 11) is 0. The van der Waals surface area contributed by atoms with Gasteiger partial charge in [-0.3, -0.25) is 0 Å². The lowest BCUT2D eigenvalue weighted by Gasteiger charge is -2.19. The molecule has 2 unspecified atom stereocenters. The Morgan fingerprint density at radius 1 is 1.47 bits per heavy atom. The number of aryl methyl sites for hydroxylation is 1. The van der Waals surface area contributed by atoms with E-state index in [1.807, 2.05) is 19.9 Å². The molecule has 15 heavy (non-hydrogen) atoms. The van der Waals surface area contributed by atoms with Crippen LogP contribution < -0.4 is 5.32 Å². The van der Waals surface area contributed by atoms with Crippen LogP contribution in [0.5, 0.6) is 0 Å². The first-order valence-electron chi connectivity index (χ1n) is 5.31. The van der Waals surface area contributed by atoms with E-state index >= 15 is 0 Å². The van der Waals surface area contributed by atoms with Crippen LogP contribution in [0.2, 0.25) is 0 Å². The zero-order chi connectivity index (χ0) is 10.8. The van der Waals surface area contributed by atoms with Crippen molar-refractivity contribution in [3.05, 3.63) is 29.6 Å². The lowest BCUT2D eigenvalue weighted by molar-refractivity contribution is 0.121. The van der Waals surface area contributed by atoms with Gasteiger partial charge in [-0.15, -0.1) is 0 Å². The van der Waals surface area contributed by atoms with Crippen molar-refractivity contribution in [3.63, 3.8) is 0 Å². The highest BCUT2D eigenvalue weighted by atomic mass is 19.1. The van der Waals surface area contributed by atoms with Gasteiger partial charge in [-0.25, -0.2) is 4.39 Å². The quantitative estimate of drug-likeness (QED) is 0.808. The van der Waals surface area contributed by atoms with E-state index in [-0.39, 0.29) is 18.0 Å². The second-order valence-corrected chi connectivity index (χ2v) is 4.05. The predicted octanol–water partition coefficient (Wildman–Crippen LogP) is 2.72. The molecule has 0 radical (unpaired) electrons. The lowest BCUT2D eigenvalue weighted by atomic mass is 10.1. The summed E-state index contributed by atoms with van der Waals surface area (Å²) in [5.41, 5.74) is 1.55. The van der Waals surface area contributed by atoms with Gasteiger partial charge < -0.3 is 10.1 Å². The van der Waals surface area contributed by atoms with Crippen molar-refractivity contribution < 1.29 is 9.13 Å². The van der Waals surface area contributed by atoms with Gasteiger partial charge in [-0.1, -0.05) is 12.1 Å². The molecule has 1 saturated heterocycles. The van der Waals surface area contributed by atoms with Crippen LogP contribution in [0.15, 0.2) is 18.2 Å². The fraction of sp³-hybridized carbons (Fsp3) is 0.500. The van der Waals surface area contributed by atoms with E-state index in [4.69, 9.17) is 4.74 Å². The number of ether oxygens (including phenoxy) is 1. The van der Waals surface area contributed by atoms with Crippen LogP contribution in [0.3, 0.4) is 0 Å². The molecule has 82 valence electrons. The third-order valence-electron chi connectivity index (χ3n) is 2.93. The standard InChI is InChI=1S/C12H16FNO/c1-8-4-3-5-10(13)12(8)14-11-6-7-15-9(11)2/h3-5,9,11,14H,6-7H2,1-2H3. The maximum absolute atomic E-state index is 13.5. The largest absolute Gasteiger partial charge is 0.377 e. The van der Waals surface area contributed by atoms with E-state index in [0.29, 0.717) is 5.69 Å². The second kappa shape index (κ2) is 4.19. The van der Waals surface area contributed by atoms with Crippen LogP contribution >= 0.6 is 0 Å². The van der Waals surface area contributed by atoms with E-state index in [1.165, 1.54) is 6.07 Å². The van der Waals surface area contributed by atoms with E-state index in [2.05, 4.69) is 5.32 Å². The summed E-state index contributed by atoms with van der Waals surface area (Å²) in [6.07, 6.45) is 1.10. The molecule has 2 nitrogen and oxygen atoms in total. The maximum atomic E-state index is 13.5. The summed E-state index contributed by atoms with van der Waals surface area (Å²) in [5.74, 6) is -0.186. The molecule has 0 aliphatic carbocycles. The fourth-order valence-corrected chi connectivity index (χ4v) is 1.92. The van der Waals surface area contributed by atoms with Crippen LogP contribution in [0.4, 0.5) is 10.1 Å². The highest BCUT2D eigenvalue weighted by Gasteiger charge is 2.25. The van der Waals surface area contributed by atoms with Gasteiger partial charge in [0.25, 0.3) is 0 Å². The molecule has 0 aromatic heterocycles. The summed E-state index contributed by atoms with van der Waals surface area (Å²) in [6, 6.07) is 5.34. The zero-order valence-electron chi connectivity index (χ0n) is 9.09. The molecule has 1 aromatic carbocycles. The van der Waals surface area contributed by atoms with E-state index in [1.54, 1.807) is 6.07 Å². The summed E-state index contributed by atoms with van der Waals surface area (Å²) < 4.78 is 19.0. The molecular weight excluding hydrogens is 193 g/mol. The number of para-hydroxylation sites is 1. The van der Waals surface area contributed by atoms with Gasteiger partial charge in [0.05, 0.1) is 17.8 Å². The molecule has 1 aliphatic rings. The van der Waals surface area contributed by atoms with Crippen molar-refractivity contribution in [3.8, 4) is 0 Å². The van der Waals surface area contributed by atoms with Gasteiger partial charge in [0.2, 0.25) is 0 Å². The summed E-state index contributed by atoms with van der Waals surface area (Å²) in [6.45, 7) is 4.68. The van der Waals surface area contributed by atoms with Gasteiger partial charge in [0.15, 0.2) is 0 Å². The molecule has 0 bridgehead atoms. The number of rotatable bonds is 2. The van der Waals surface area contributed by atoms with Gasteiger partial charge in [0.1, 0.15) is 5.82 Å². The number of hydrogen-bond donors (Lipinski definition) is 1. The van der Waals surface area contributed by atoms with Crippen molar-refractivity contribution in [1.82, 2.24) is 0 Å². The monoisotopic (exact) mass is 209 g/mol. The third kappa shape index (κ3) is 2.12. The van der Waals surface area contributed by atoms with Gasteiger partial charge in [-0.2, -0.15) is 0 Å². The number of nitrogens with one attached hydrogen (secondary N) is 1. The van der Waals surface area contributed by atoms with Crippen molar-refractivity contribution in [1.29, 1.82) is 0 Å². The molecule has 1 fully saturated rings. The molecular formula is C12H16FNO. The van der Waals surface area contributed by atoms with Gasteiger partial charge >= 0.3 is 0 Å². The van der Waals surface area contributed by atoms with Gasteiger partial charge in [0, 0.05) is 6.61 Å². The minimum Gasteiger partial charge on any atom is -0.377 e. The van der Waals surface area contributed by atoms with Crippen molar-refractivity contribution >= 4 is 5.69 Å². The smallest absolute Gasteiger partial charge is 0.146 e. The number of anilines is 1. The van der Waals surface area contributed by atoms with Crippen LogP contribution in [0.25, 0.3) is 0 Å². The Labute approximate surface area is 89.4 Å². The Hall–Kier alpha value is -1.09. The molecule has 2 atom stereocenters. The molecule has 1 aromatic rings. The highest BCUT2D eigenvalue weighted by Crippen LogP contribution is 2.24. The van der Waals surface area contributed by atoms with Crippen LogP contribution in [0.1, 0.15) is 18.9 Å². The molecule has 2 rings (SSSR count). The molecule has 3 heteroatoms. The Morgan fingerprint density at radius 2 is 2.27 bits per heavy atom. The molecule has 0 spiro atoms. The maximum Gasteiger partial charge on any atom is 0.146 e. The zero-order valence-corrected chi connectivity index (χ0v) is 9.09. The predicted molar refractivity (Wildman–Crippen MR) is 58.6 cm³/mol. The van der Waals surface area contributed by atoms with Crippen LogP contribution in [0, 0.1) is 12.7 Å². The van der Waals surface area contributed by atoms with E-state index < -0.39 is 0 Å². The summed E-state index contributed by atoms with van der Waals surface area (Å²) in [4.78, 5) is 0. The summed E-state index contributed by atoms with van der Waals surface area (Å²) in [5, 5.41) is 3.23. The molecule has 0 saturated carbocycles. The summed E-state index contributed by atoms with van der Waals surface area (Å²) >= 11 is 0. The molecule has 1 heterocycles. The number of halogens is 1. The Bertz CT molecular complexity index is 333. The Morgan fingerprint density at radius 3 is 2.87 bits per heavy atom.